The number of amides is 1. The molecule has 21 heavy (non-hydrogen) atoms. The molecule has 0 aliphatic heterocycles. The van der Waals surface area contributed by atoms with Crippen molar-refractivity contribution in [2.75, 3.05) is 5.32 Å². The van der Waals surface area contributed by atoms with Gasteiger partial charge >= 0.3 is 0 Å². The summed E-state index contributed by atoms with van der Waals surface area (Å²) in [5.74, 6) is -0.127. The first-order valence-corrected chi connectivity index (χ1v) is 6.52. The molecule has 0 fully saturated rings. The largest absolute Gasteiger partial charge is 0.347 e. The predicted octanol–water partition coefficient (Wildman–Crippen LogP) is 2.73. The van der Waals surface area contributed by atoms with Crippen LogP contribution in [0.15, 0.2) is 61.3 Å². The molecule has 0 atom stereocenters. The van der Waals surface area contributed by atoms with Crippen LogP contribution in [0.25, 0.3) is 11.1 Å². The summed E-state index contributed by atoms with van der Waals surface area (Å²) < 4.78 is 1.78. The third kappa shape index (κ3) is 2.81. The van der Waals surface area contributed by atoms with Gasteiger partial charge in [-0.3, -0.25) is 4.79 Å². The lowest BCUT2D eigenvalue weighted by Crippen LogP contribution is -2.15. The van der Waals surface area contributed by atoms with Gasteiger partial charge < -0.3 is 9.88 Å². The molecule has 5 nitrogen and oxygen atoms in total. The lowest BCUT2D eigenvalue weighted by atomic mass is 10.1. The second-order valence-corrected chi connectivity index (χ2v) is 4.66. The molecule has 1 aromatic carbocycles. The number of nitrogens with one attached hydrogen (secondary N) is 1. The van der Waals surface area contributed by atoms with Gasteiger partial charge in [0.15, 0.2) is 0 Å². The Morgan fingerprint density at radius 3 is 2.38 bits per heavy atom. The maximum absolute atomic E-state index is 12.1. The van der Waals surface area contributed by atoms with Crippen molar-refractivity contribution in [3.63, 3.8) is 0 Å². The van der Waals surface area contributed by atoms with Crippen LogP contribution in [0.5, 0.6) is 0 Å². The first kappa shape index (κ1) is 13.1. The highest BCUT2D eigenvalue weighted by Gasteiger charge is 2.08. The van der Waals surface area contributed by atoms with Gasteiger partial charge in [0.05, 0.1) is 0 Å². The molecule has 0 aliphatic rings. The highest BCUT2D eigenvalue weighted by Crippen LogP contribution is 2.20. The van der Waals surface area contributed by atoms with E-state index in [0.29, 0.717) is 5.69 Å². The Balaban J connectivity index is 1.76. The van der Waals surface area contributed by atoms with E-state index in [9.17, 15) is 4.79 Å². The molecule has 0 radical (unpaired) electrons. The van der Waals surface area contributed by atoms with Gasteiger partial charge in [-0.2, -0.15) is 0 Å². The molecular weight excluding hydrogens is 264 g/mol. The van der Waals surface area contributed by atoms with E-state index < -0.39 is 0 Å². The molecule has 1 N–H and O–H groups in total. The number of anilines is 1. The molecule has 0 saturated heterocycles. The summed E-state index contributed by atoms with van der Waals surface area (Å²) in [7, 11) is 1.84. The van der Waals surface area contributed by atoms with E-state index in [1.54, 1.807) is 23.0 Å². The first-order chi connectivity index (χ1) is 10.2. The summed E-state index contributed by atoms with van der Waals surface area (Å²) in [6, 6.07) is 11.2. The zero-order valence-electron chi connectivity index (χ0n) is 11.5. The lowest BCUT2D eigenvalue weighted by molar-refractivity contribution is 0.101. The van der Waals surface area contributed by atoms with Gasteiger partial charge in [-0.1, -0.05) is 12.1 Å². The summed E-state index contributed by atoms with van der Waals surface area (Å²) >= 11 is 0. The number of hydrogen-bond donors (Lipinski definition) is 1. The summed E-state index contributed by atoms with van der Waals surface area (Å²) in [6.45, 7) is 0. The smallest absolute Gasteiger partial charge is 0.272 e. The minimum Gasteiger partial charge on any atom is -0.347 e. The summed E-state index contributed by atoms with van der Waals surface area (Å²) in [5, 5.41) is 2.87. The van der Waals surface area contributed by atoms with Gasteiger partial charge in [0.2, 0.25) is 0 Å². The Labute approximate surface area is 122 Å². The Hall–Kier alpha value is -2.95. The molecule has 2 aromatic heterocycles. The number of aromatic nitrogens is 3. The number of nitrogens with zero attached hydrogens (tertiary/aromatic N) is 3. The van der Waals surface area contributed by atoms with E-state index in [4.69, 9.17) is 0 Å². The Kier molecular flexibility index (Phi) is 3.47. The fourth-order valence-electron chi connectivity index (χ4n) is 2.09. The van der Waals surface area contributed by atoms with E-state index in [2.05, 4.69) is 15.3 Å². The molecule has 2 heterocycles. The number of hydrogen-bond acceptors (Lipinski definition) is 3. The van der Waals surface area contributed by atoms with E-state index in [0.717, 1.165) is 16.8 Å². The van der Waals surface area contributed by atoms with E-state index in [1.807, 2.05) is 43.6 Å². The second-order valence-electron chi connectivity index (χ2n) is 4.66. The van der Waals surface area contributed by atoms with E-state index in [1.165, 1.54) is 6.33 Å². The Bertz CT molecular complexity index is 747. The molecule has 3 aromatic rings. The first-order valence-electron chi connectivity index (χ1n) is 6.52. The van der Waals surface area contributed by atoms with Crippen LogP contribution in [0, 0.1) is 0 Å². The van der Waals surface area contributed by atoms with Crippen molar-refractivity contribution in [3.05, 3.63) is 67.0 Å². The van der Waals surface area contributed by atoms with Crippen molar-refractivity contribution in [1.82, 2.24) is 14.5 Å². The van der Waals surface area contributed by atoms with Gasteiger partial charge in [-0.05, 0) is 29.8 Å². The number of rotatable bonds is 3. The quantitative estimate of drug-likeness (QED) is 0.801. The Morgan fingerprint density at radius 2 is 1.76 bits per heavy atom. The van der Waals surface area contributed by atoms with Crippen LogP contribution < -0.4 is 5.32 Å². The predicted molar refractivity (Wildman–Crippen MR) is 80.8 cm³/mol. The fraction of sp³-hybridized carbons (Fsp3) is 0.0625. The van der Waals surface area contributed by atoms with Gasteiger partial charge in [-0.25, -0.2) is 9.97 Å². The molecule has 3 rings (SSSR count). The van der Waals surface area contributed by atoms with E-state index in [-0.39, 0.29) is 5.91 Å². The van der Waals surface area contributed by atoms with Crippen LogP contribution in [-0.2, 0) is 7.05 Å². The third-order valence-corrected chi connectivity index (χ3v) is 3.21. The van der Waals surface area contributed by atoms with Crippen LogP contribution in [0.2, 0.25) is 0 Å². The summed E-state index contributed by atoms with van der Waals surface area (Å²) in [5.41, 5.74) is 3.32. The van der Waals surface area contributed by atoms with Crippen LogP contribution in [0.1, 0.15) is 10.5 Å². The topological polar surface area (TPSA) is 59.8 Å². The molecule has 0 saturated carbocycles. The maximum atomic E-state index is 12.1. The molecule has 5 heteroatoms. The van der Waals surface area contributed by atoms with Crippen LogP contribution in [0.4, 0.5) is 5.69 Å². The average Bonchev–Trinajstić information content (AvgIpc) is 2.95. The number of carbonyl (C=O) groups excluding carboxylic acids is 1. The van der Waals surface area contributed by atoms with Crippen molar-refractivity contribution in [3.8, 4) is 11.1 Å². The lowest BCUT2D eigenvalue weighted by Gasteiger charge is -2.07. The fourth-order valence-corrected chi connectivity index (χ4v) is 2.09. The average molecular weight is 278 g/mol. The molecule has 0 unspecified atom stereocenters. The monoisotopic (exact) mass is 278 g/mol. The van der Waals surface area contributed by atoms with Gasteiger partial charge in [0.1, 0.15) is 12.0 Å². The highest BCUT2D eigenvalue weighted by molar-refractivity contribution is 6.03. The highest BCUT2D eigenvalue weighted by atomic mass is 16.1. The molecule has 0 spiro atoms. The van der Waals surface area contributed by atoms with Crippen molar-refractivity contribution < 1.29 is 4.79 Å². The molecular formula is C16H14N4O. The summed E-state index contributed by atoms with van der Waals surface area (Å²) in [6.07, 6.45) is 6.85. The standard InChI is InChI=1S/C16H14N4O/c1-20-8-2-3-15(20)16(21)19-14-6-4-12(5-7-14)13-9-17-11-18-10-13/h2-11H,1H3,(H,19,21). The van der Waals surface area contributed by atoms with Crippen LogP contribution >= 0.6 is 0 Å². The molecule has 1 amide bonds. The van der Waals surface area contributed by atoms with Gasteiger partial charge in [0, 0.05) is 36.9 Å². The number of aryl methyl sites for hydroxylation is 1. The zero-order valence-corrected chi connectivity index (χ0v) is 11.5. The van der Waals surface area contributed by atoms with Gasteiger partial charge in [0.25, 0.3) is 5.91 Å². The zero-order chi connectivity index (χ0) is 14.7. The van der Waals surface area contributed by atoms with Crippen molar-refractivity contribution in [1.29, 1.82) is 0 Å². The molecule has 104 valence electrons. The third-order valence-electron chi connectivity index (χ3n) is 3.21. The van der Waals surface area contributed by atoms with Crippen LogP contribution in [0.3, 0.4) is 0 Å². The minimum atomic E-state index is -0.127. The Morgan fingerprint density at radius 1 is 1.05 bits per heavy atom. The molecule has 0 aliphatic carbocycles. The van der Waals surface area contributed by atoms with Crippen molar-refractivity contribution in [2.24, 2.45) is 7.05 Å². The normalized spacial score (nSPS) is 10.3. The minimum absolute atomic E-state index is 0.127. The van der Waals surface area contributed by atoms with Crippen molar-refractivity contribution in [2.45, 2.75) is 0 Å². The SMILES string of the molecule is Cn1cccc1C(=O)Nc1ccc(-c2cncnc2)cc1. The van der Waals surface area contributed by atoms with Gasteiger partial charge in [-0.15, -0.1) is 0 Å². The molecule has 0 bridgehead atoms. The summed E-state index contributed by atoms with van der Waals surface area (Å²) in [4.78, 5) is 20.1. The van der Waals surface area contributed by atoms with Crippen LogP contribution in [-0.4, -0.2) is 20.4 Å². The second kappa shape index (κ2) is 5.58. The van der Waals surface area contributed by atoms with Crippen molar-refractivity contribution >= 4 is 11.6 Å². The maximum Gasteiger partial charge on any atom is 0.272 e. The van der Waals surface area contributed by atoms with E-state index >= 15 is 0 Å². The number of benzene rings is 1. The number of carbonyl (C=O) groups is 1.